The lowest BCUT2D eigenvalue weighted by molar-refractivity contribution is 1.09. The van der Waals surface area contributed by atoms with Crippen LogP contribution in [0, 0.1) is 0 Å². The van der Waals surface area contributed by atoms with Crippen molar-refractivity contribution in [2.75, 3.05) is 13.1 Å². The first-order valence-corrected chi connectivity index (χ1v) is 2.48. The summed E-state index contributed by atoms with van der Waals surface area (Å²) in [5, 5.41) is 0. The number of rotatable bonds is 3. The van der Waals surface area contributed by atoms with Gasteiger partial charge in [0.1, 0.15) is 0 Å². The van der Waals surface area contributed by atoms with Crippen molar-refractivity contribution in [3.63, 3.8) is 0 Å². The van der Waals surface area contributed by atoms with E-state index in [1.807, 2.05) is 0 Å². The van der Waals surface area contributed by atoms with Crippen molar-refractivity contribution >= 4 is 0 Å². The number of hydrogen-bond donors (Lipinski definition) is 2. The van der Waals surface area contributed by atoms with Crippen LogP contribution in [0.4, 0.5) is 0 Å². The van der Waals surface area contributed by atoms with E-state index >= 15 is 0 Å². The minimum Gasteiger partial charge on any atom is -0.327 e. The summed E-state index contributed by atoms with van der Waals surface area (Å²) in [6.45, 7) is 8.19. The Morgan fingerprint density at radius 1 is 1.00 bits per heavy atom. The van der Waals surface area contributed by atoms with E-state index in [1.54, 1.807) is 0 Å². The van der Waals surface area contributed by atoms with Gasteiger partial charge in [0.2, 0.25) is 0 Å². The Balaban J connectivity index is 3.64. The molecule has 0 fully saturated rings. The zero-order valence-corrected chi connectivity index (χ0v) is 4.98. The summed E-state index contributed by atoms with van der Waals surface area (Å²) in [4.78, 5) is 0. The SMILES string of the molecule is C=C(CN)C(=C)CN. The molecule has 46 valence electrons. The summed E-state index contributed by atoms with van der Waals surface area (Å²) in [5.74, 6) is 0. The average Bonchev–Trinajstić information content (AvgIpc) is 1.84. The van der Waals surface area contributed by atoms with E-state index < -0.39 is 0 Å². The van der Waals surface area contributed by atoms with Gasteiger partial charge in [-0.2, -0.15) is 0 Å². The maximum absolute atomic E-state index is 5.23. The molecule has 0 aliphatic carbocycles. The monoisotopic (exact) mass is 112 g/mol. The molecule has 8 heavy (non-hydrogen) atoms. The summed E-state index contributed by atoms with van der Waals surface area (Å²) >= 11 is 0. The lowest BCUT2D eigenvalue weighted by atomic mass is 10.1. The highest BCUT2D eigenvalue weighted by Gasteiger charge is 1.91. The van der Waals surface area contributed by atoms with E-state index in [-0.39, 0.29) is 0 Å². The number of nitrogens with two attached hydrogens (primary N) is 2. The molecule has 0 bridgehead atoms. The second kappa shape index (κ2) is 3.41. The van der Waals surface area contributed by atoms with Crippen LogP contribution < -0.4 is 11.5 Å². The van der Waals surface area contributed by atoms with Gasteiger partial charge in [-0.15, -0.1) is 0 Å². The third kappa shape index (κ3) is 1.91. The van der Waals surface area contributed by atoms with Crippen molar-refractivity contribution in [2.45, 2.75) is 0 Å². The van der Waals surface area contributed by atoms with Crippen LogP contribution in [0.2, 0.25) is 0 Å². The molecular weight excluding hydrogens is 100 g/mol. The molecule has 0 unspecified atom stereocenters. The normalized spacial score (nSPS) is 8.75. The van der Waals surface area contributed by atoms with E-state index in [9.17, 15) is 0 Å². The largest absolute Gasteiger partial charge is 0.327 e. The molecule has 4 N–H and O–H groups in total. The summed E-state index contributed by atoms with van der Waals surface area (Å²) in [7, 11) is 0. The van der Waals surface area contributed by atoms with Crippen LogP contribution in [0.1, 0.15) is 0 Å². The van der Waals surface area contributed by atoms with Crippen LogP contribution in [0.5, 0.6) is 0 Å². The van der Waals surface area contributed by atoms with E-state index in [1.165, 1.54) is 0 Å². The Labute approximate surface area is 49.9 Å². The van der Waals surface area contributed by atoms with Gasteiger partial charge >= 0.3 is 0 Å². The van der Waals surface area contributed by atoms with Gasteiger partial charge in [0.05, 0.1) is 0 Å². The van der Waals surface area contributed by atoms with E-state index in [4.69, 9.17) is 11.5 Å². The molecule has 0 saturated carbocycles. The molecule has 0 heterocycles. The zero-order chi connectivity index (χ0) is 6.57. The van der Waals surface area contributed by atoms with Crippen molar-refractivity contribution < 1.29 is 0 Å². The van der Waals surface area contributed by atoms with Gasteiger partial charge in [0.15, 0.2) is 0 Å². The van der Waals surface area contributed by atoms with Gasteiger partial charge in [0.25, 0.3) is 0 Å². The van der Waals surface area contributed by atoms with Gasteiger partial charge < -0.3 is 11.5 Å². The minimum atomic E-state index is 0.454. The van der Waals surface area contributed by atoms with E-state index in [0.29, 0.717) is 13.1 Å². The van der Waals surface area contributed by atoms with Gasteiger partial charge in [0, 0.05) is 13.1 Å². The van der Waals surface area contributed by atoms with Crippen molar-refractivity contribution in [1.29, 1.82) is 0 Å². The summed E-state index contributed by atoms with van der Waals surface area (Å²) in [6, 6.07) is 0. The van der Waals surface area contributed by atoms with Gasteiger partial charge in [-0.3, -0.25) is 0 Å². The van der Waals surface area contributed by atoms with Crippen molar-refractivity contribution in [3.05, 3.63) is 24.3 Å². The third-order valence-electron chi connectivity index (χ3n) is 0.993. The molecule has 0 amide bonds. The fourth-order valence-electron chi connectivity index (χ4n) is 0.289. The maximum Gasteiger partial charge on any atom is 0.0175 e. The Hall–Kier alpha value is -0.600. The van der Waals surface area contributed by atoms with Crippen LogP contribution in [0.25, 0.3) is 0 Å². The van der Waals surface area contributed by atoms with Crippen LogP contribution >= 0.6 is 0 Å². The molecule has 0 atom stereocenters. The van der Waals surface area contributed by atoms with E-state index in [0.717, 1.165) is 11.1 Å². The highest BCUT2D eigenvalue weighted by atomic mass is 14.6. The fraction of sp³-hybridized carbons (Fsp3) is 0.333. The topological polar surface area (TPSA) is 52.0 Å². The Kier molecular flexibility index (Phi) is 3.15. The smallest absolute Gasteiger partial charge is 0.0175 e. The van der Waals surface area contributed by atoms with Crippen molar-refractivity contribution in [1.82, 2.24) is 0 Å². The molecule has 0 radical (unpaired) electrons. The molecule has 0 rings (SSSR count). The molecular formula is C6H12N2. The summed E-state index contributed by atoms with van der Waals surface area (Å²) in [6.07, 6.45) is 0. The molecule has 0 aliphatic heterocycles. The van der Waals surface area contributed by atoms with Gasteiger partial charge in [-0.05, 0) is 11.1 Å². The Morgan fingerprint density at radius 2 is 1.25 bits per heavy atom. The van der Waals surface area contributed by atoms with Crippen LogP contribution in [0.3, 0.4) is 0 Å². The van der Waals surface area contributed by atoms with Crippen molar-refractivity contribution in [3.8, 4) is 0 Å². The minimum absolute atomic E-state index is 0.454. The second-order valence-corrected chi connectivity index (χ2v) is 1.62. The first-order valence-electron chi connectivity index (χ1n) is 2.48. The van der Waals surface area contributed by atoms with E-state index in [2.05, 4.69) is 13.2 Å². The molecule has 0 aromatic heterocycles. The maximum atomic E-state index is 5.23. The molecule has 2 heteroatoms. The first-order chi connectivity index (χ1) is 3.72. The van der Waals surface area contributed by atoms with Crippen molar-refractivity contribution in [2.24, 2.45) is 11.5 Å². The third-order valence-corrected chi connectivity index (χ3v) is 0.993. The zero-order valence-electron chi connectivity index (χ0n) is 4.98. The molecule has 0 aromatic carbocycles. The summed E-state index contributed by atoms with van der Waals surface area (Å²) in [5.41, 5.74) is 12.1. The number of hydrogen-bond acceptors (Lipinski definition) is 2. The van der Waals surface area contributed by atoms with Crippen LogP contribution in [0.15, 0.2) is 24.3 Å². The predicted molar refractivity (Wildman–Crippen MR) is 36.4 cm³/mol. The van der Waals surface area contributed by atoms with Gasteiger partial charge in [-0.25, -0.2) is 0 Å². The molecule has 0 spiro atoms. The molecule has 0 aromatic rings. The van der Waals surface area contributed by atoms with Crippen LogP contribution in [-0.2, 0) is 0 Å². The van der Waals surface area contributed by atoms with Crippen LogP contribution in [-0.4, -0.2) is 13.1 Å². The molecule has 0 saturated heterocycles. The predicted octanol–water partition coefficient (Wildman–Crippen LogP) is 0.0162. The fourth-order valence-corrected chi connectivity index (χ4v) is 0.289. The Morgan fingerprint density at radius 3 is 1.38 bits per heavy atom. The lowest BCUT2D eigenvalue weighted by Crippen LogP contribution is -2.10. The second-order valence-electron chi connectivity index (χ2n) is 1.62. The molecule has 0 aliphatic rings. The first kappa shape index (κ1) is 7.40. The quantitative estimate of drug-likeness (QED) is 0.505. The highest BCUT2D eigenvalue weighted by Crippen LogP contribution is 1.98. The lowest BCUT2D eigenvalue weighted by Gasteiger charge is -2.00. The van der Waals surface area contributed by atoms with Gasteiger partial charge in [-0.1, -0.05) is 13.2 Å². The summed E-state index contributed by atoms with van der Waals surface area (Å²) < 4.78 is 0. The standard InChI is InChI=1S/C6H12N2/c1-5(3-7)6(2)4-8/h1-4,7-8H2. The highest BCUT2D eigenvalue weighted by molar-refractivity contribution is 5.26. The Bertz CT molecular complexity index is 91.1. The average molecular weight is 112 g/mol. The molecule has 2 nitrogen and oxygen atoms in total.